The van der Waals surface area contributed by atoms with Gasteiger partial charge in [-0.1, -0.05) is 65.2 Å². The van der Waals surface area contributed by atoms with Gasteiger partial charge in [0.05, 0.1) is 21.9 Å². The highest BCUT2D eigenvalue weighted by Gasteiger charge is 2.52. The molecule has 1 aliphatic carbocycles. The normalized spacial score (nSPS) is 20.5. The first-order valence-electron chi connectivity index (χ1n) is 10.6. The lowest BCUT2D eigenvalue weighted by Crippen LogP contribution is -2.56. The first-order valence-corrected chi connectivity index (χ1v) is 11.4. The molecule has 1 saturated heterocycles. The molecule has 1 aliphatic heterocycles. The summed E-state index contributed by atoms with van der Waals surface area (Å²) in [6, 6.07) is 10.1. The van der Waals surface area contributed by atoms with Crippen LogP contribution in [-0.2, 0) is 9.59 Å². The van der Waals surface area contributed by atoms with Gasteiger partial charge in [0, 0.05) is 11.1 Å². The Morgan fingerprint density at radius 3 is 2.00 bits per heavy atom. The first kappa shape index (κ1) is 23.2. The van der Waals surface area contributed by atoms with E-state index in [4.69, 9.17) is 23.2 Å². The number of hydrogen-bond donors (Lipinski definition) is 0. The summed E-state index contributed by atoms with van der Waals surface area (Å²) in [6.45, 7) is 3.41. The molecule has 0 aromatic heterocycles. The third-order valence-corrected chi connectivity index (χ3v) is 6.90. The van der Waals surface area contributed by atoms with Crippen molar-refractivity contribution in [1.29, 1.82) is 0 Å². The molecule has 2 aromatic rings. The molecule has 0 radical (unpaired) electrons. The number of fused-ring (bicyclic) bond motifs is 1. The highest BCUT2D eigenvalue weighted by atomic mass is 35.5. The van der Waals surface area contributed by atoms with Crippen LogP contribution in [0.4, 0.5) is 0 Å². The van der Waals surface area contributed by atoms with E-state index in [0.717, 1.165) is 15.6 Å². The van der Waals surface area contributed by atoms with Gasteiger partial charge in [0.1, 0.15) is 6.04 Å². The molecule has 4 rings (SSSR count). The molecule has 8 heteroatoms. The number of allylic oxidation sites excluding steroid dienone is 2. The fourth-order valence-electron chi connectivity index (χ4n) is 4.27. The molecular weight excluding hydrogens is 463 g/mol. The van der Waals surface area contributed by atoms with Crippen molar-refractivity contribution in [1.82, 2.24) is 10.0 Å². The van der Waals surface area contributed by atoms with E-state index in [1.165, 1.54) is 25.1 Å². The Morgan fingerprint density at radius 2 is 1.45 bits per heavy atom. The zero-order valence-electron chi connectivity index (χ0n) is 18.1. The molecule has 0 saturated carbocycles. The Hall–Kier alpha value is -2.96. The number of imide groups is 1. The Bertz CT molecular complexity index is 1150. The molecule has 1 fully saturated rings. The zero-order chi connectivity index (χ0) is 23.9. The van der Waals surface area contributed by atoms with Crippen LogP contribution >= 0.6 is 23.2 Å². The van der Waals surface area contributed by atoms with Gasteiger partial charge in [-0.2, -0.15) is 5.01 Å². The maximum Gasteiger partial charge on any atom is 0.273 e. The van der Waals surface area contributed by atoms with Crippen LogP contribution in [0.15, 0.2) is 54.6 Å². The van der Waals surface area contributed by atoms with Crippen LogP contribution in [-0.4, -0.2) is 39.6 Å². The van der Waals surface area contributed by atoms with Gasteiger partial charge in [0.25, 0.3) is 17.7 Å². The zero-order valence-corrected chi connectivity index (χ0v) is 19.6. The first-order chi connectivity index (χ1) is 15.7. The van der Waals surface area contributed by atoms with Gasteiger partial charge in [0.2, 0.25) is 0 Å². The minimum Gasteiger partial charge on any atom is -0.292 e. The number of Topliss-reactive ketones (excluding diaryl/α,β-unsaturated/α-hetero) is 1. The number of nitrogens with zero attached hydrogens (tertiary/aromatic N) is 2. The number of rotatable bonds is 5. The van der Waals surface area contributed by atoms with Crippen LogP contribution in [0.25, 0.3) is 0 Å². The molecule has 3 atom stereocenters. The van der Waals surface area contributed by atoms with Crippen molar-refractivity contribution in [2.24, 2.45) is 11.8 Å². The SMILES string of the molecule is Cc1ccc(C(=O)[C@H](C)N(C(=O)c2ccc(Cl)c(Cl)c2)N2C(=O)[C@H]3CC=CC[C@@H]3C2=O)cc1. The number of halogens is 2. The monoisotopic (exact) mass is 484 g/mol. The van der Waals surface area contributed by atoms with Crippen LogP contribution < -0.4 is 0 Å². The predicted molar refractivity (Wildman–Crippen MR) is 125 cm³/mol. The molecule has 33 heavy (non-hydrogen) atoms. The number of amides is 3. The fourth-order valence-corrected chi connectivity index (χ4v) is 4.56. The van der Waals surface area contributed by atoms with Gasteiger partial charge in [-0.3, -0.25) is 19.2 Å². The number of ketones is 1. The van der Waals surface area contributed by atoms with E-state index in [9.17, 15) is 19.2 Å². The van der Waals surface area contributed by atoms with Gasteiger partial charge >= 0.3 is 0 Å². The average molecular weight is 485 g/mol. The molecule has 0 unspecified atom stereocenters. The number of hydrazine groups is 1. The number of aryl methyl sites for hydroxylation is 1. The summed E-state index contributed by atoms with van der Waals surface area (Å²) in [4.78, 5) is 53.5. The van der Waals surface area contributed by atoms with Crippen molar-refractivity contribution in [2.45, 2.75) is 32.7 Å². The van der Waals surface area contributed by atoms with Crippen molar-refractivity contribution >= 4 is 46.7 Å². The highest BCUT2D eigenvalue weighted by molar-refractivity contribution is 6.42. The number of carbonyl (C=O) groups is 4. The lowest BCUT2D eigenvalue weighted by molar-refractivity contribution is -0.156. The largest absolute Gasteiger partial charge is 0.292 e. The lowest BCUT2D eigenvalue weighted by atomic mass is 9.85. The second kappa shape index (κ2) is 9.12. The Labute approximate surface area is 201 Å². The average Bonchev–Trinajstić information content (AvgIpc) is 3.06. The molecule has 0 bridgehead atoms. The number of hydrogen-bond acceptors (Lipinski definition) is 4. The minimum atomic E-state index is -1.12. The van der Waals surface area contributed by atoms with E-state index in [1.54, 1.807) is 24.3 Å². The summed E-state index contributed by atoms with van der Waals surface area (Å²) < 4.78 is 0. The molecule has 0 spiro atoms. The van der Waals surface area contributed by atoms with Crippen molar-refractivity contribution in [3.8, 4) is 0 Å². The van der Waals surface area contributed by atoms with Crippen LogP contribution in [0.5, 0.6) is 0 Å². The molecule has 2 aliphatic rings. The lowest BCUT2D eigenvalue weighted by Gasteiger charge is -2.34. The van der Waals surface area contributed by atoms with Gasteiger partial charge in [-0.15, -0.1) is 0 Å². The van der Waals surface area contributed by atoms with E-state index in [2.05, 4.69) is 0 Å². The van der Waals surface area contributed by atoms with E-state index >= 15 is 0 Å². The van der Waals surface area contributed by atoms with Gasteiger partial charge < -0.3 is 0 Å². The molecule has 6 nitrogen and oxygen atoms in total. The molecule has 0 N–H and O–H groups in total. The Kier molecular flexibility index (Phi) is 6.41. The van der Waals surface area contributed by atoms with E-state index in [1.807, 2.05) is 19.1 Å². The third kappa shape index (κ3) is 4.21. The van der Waals surface area contributed by atoms with Crippen LogP contribution in [0.1, 0.15) is 46.0 Å². The Morgan fingerprint density at radius 1 is 0.909 bits per heavy atom. The second-order valence-electron chi connectivity index (χ2n) is 8.33. The van der Waals surface area contributed by atoms with Crippen molar-refractivity contribution in [3.63, 3.8) is 0 Å². The van der Waals surface area contributed by atoms with E-state index < -0.39 is 41.4 Å². The quantitative estimate of drug-likeness (QED) is 0.344. The molecule has 2 aromatic carbocycles. The molecule has 3 amide bonds. The van der Waals surface area contributed by atoms with Gasteiger partial charge in [-0.25, -0.2) is 5.01 Å². The fraction of sp³-hybridized carbons (Fsp3) is 0.280. The van der Waals surface area contributed by atoms with Crippen LogP contribution in [0, 0.1) is 18.8 Å². The van der Waals surface area contributed by atoms with Crippen molar-refractivity contribution in [3.05, 3.63) is 81.4 Å². The molecule has 1 heterocycles. The van der Waals surface area contributed by atoms with E-state index in [-0.39, 0.29) is 15.6 Å². The summed E-state index contributed by atoms with van der Waals surface area (Å²) in [5, 5.41) is 2.25. The van der Waals surface area contributed by atoms with Crippen molar-refractivity contribution in [2.75, 3.05) is 0 Å². The smallest absolute Gasteiger partial charge is 0.273 e. The maximum absolute atomic E-state index is 13.6. The van der Waals surface area contributed by atoms with Crippen LogP contribution in [0.3, 0.4) is 0 Å². The molecular formula is C25H22Cl2N2O4. The summed E-state index contributed by atoms with van der Waals surface area (Å²) in [5.74, 6) is -3.13. The summed E-state index contributed by atoms with van der Waals surface area (Å²) in [5.41, 5.74) is 1.46. The second-order valence-corrected chi connectivity index (χ2v) is 9.14. The highest BCUT2D eigenvalue weighted by Crippen LogP contribution is 2.37. The van der Waals surface area contributed by atoms with E-state index in [0.29, 0.717) is 18.4 Å². The minimum absolute atomic E-state index is 0.113. The summed E-state index contributed by atoms with van der Waals surface area (Å²) >= 11 is 12.1. The summed E-state index contributed by atoms with van der Waals surface area (Å²) in [7, 11) is 0. The Balaban J connectivity index is 1.76. The number of benzene rings is 2. The predicted octanol–water partition coefficient (Wildman–Crippen LogP) is 4.88. The third-order valence-electron chi connectivity index (χ3n) is 6.16. The van der Waals surface area contributed by atoms with Gasteiger partial charge in [0.15, 0.2) is 5.78 Å². The topological polar surface area (TPSA) is 74.8 Å². The summed E-state index contributed by atoms with van der Waals surface area (Å²) in [6.07, 6.45) is 4.56. The van der Waals surface area contributed by atoms with Gasteiger partial charge in [-0.05, 0) is 44.9 Å². The maximum atomic E-state index is 13.6. The number of carbonyl (C=O) groups excluding carboxylic acids is 4. The van der Waals surface area contributed by atoms with Crippen molar-refractivity contribution < 1.29 is 19.2 Å². The standard InChI is InChI=1S/C25H22Cl2N2O4/c1-14-7-9-16(10-8-14)22(30)15(2)28(23(31)17-11-12-20(26)21(27)13-17)29-24(32)18-5-3-4-6-19(18)25(29)33/h3-4,7-13,15,18-19H,5-6H2,1-2H3/t15-,18-,19-/m0/s1. The van der Waals surface area contributed by atoms with Crippen LogP contribution in [0.2, 0.25) is 10.0 Å². The molecule has 170 valence electrons.